The molecule has 0 bridgehead atoms. The molecule has 1 saturated heterocycles. The van der Waals surface area contributed by atoms with Crippen molar-refractivity contribution in [2.45, 2.75) is 29.1 Å². The number of hydrogen-bond acceptors (Lipinski definition) is 4. The van der Waals surface area contributed by atoms with Gasteiger partial charge in [-0.15, -0.1) is 0 Å². The number of piperazine rings is 1. The van der Waals surface area contributed by atoms with Gasteiger partial charge in [-0.25, -0.2) is 0 Å². The van der Waals surface area contributed by atoms with Gasteiger partial charge in [-0.1, -0.05) is 41.6 Å². The zero-order chi connectivity index (χ0) is 20.2. The molecule has 1 N–H and O–H groups in total. The van der Waals surface area contributed by atoms with Gasteiger partial charge in [-0.05, 0) is 55.3 Å². The van der Waals surface area contributed by atoms with Crippen molar-refractivity contribution in [3.8, 4) is 0 Å². The van der Waals surface area contributed by atoms with Gasteiger partial charge in [0.1, 0.15) is 0 Å². The predicted octanol–water partition coefficient (Wildman–Crippen LogP) is 5.18. The lowest BCUT2D eigenvalue weighted by atomic mass is 10.1. The van der Waals surface area contributed by atoms with E-state index in [0.29, 0.717) is 0 Å². The predicted molar refractivity (Wildman–Crippen MR) is 119 cm³/mol. The van der Waals surface area contributed by atoms with Crippen molar-refractivity contribution in [1.82, 2.24) is 9.80 Å². The smallest absolute Gasteiger partial charge is 0.303 e. The van der Waals surface area contributed by atoms with E-state index in [1.807, 2.05) is 6.07 Å². The van der Waals surface area contributed by atoms with Crippen LogP contribution >= 0.6 is 23.4 Å². The SMILES string of the molecule is O=C(O)CCCCN1CCN(C2=Cc3ccccc3Sc3ccc(Cl)cc32)CC1. The van der Waals surface area contributed by atoms with Crippen LogP contribution in [0.3, 0.4) is 0 Å². The highest BCUT2D eigenvalue weighted by Gasteiger charge is 2.24. The summed E-state index contributed by atoms with van der Waals surface area (Å²) >= 11 is 8.16. The first-order valence-electron chi connectivity index (χ1n) is 10.1. The Morgan fingerprint density at radius 3 is 2.62 bits per heavy atom. The van der Waals surface area contributed by atoms with Crippen LogP contribution in [0.5, 0.6) is 0 Å². The summed E-state index contributed by atoms with van der Waals surface area (Å²) in [5, 5.41) is 9.55. The molecule has 2 aromatic rings. The molecule has 2 aliphatic heterocycles. The van der Waals surface area contributed by atoms with Gasteiger partial charge in [-0.2, -0.15) is 0 Å². The van der Waals surface area contributed by atoms with Crippen LogP contribution in [-0.4, -0.2) is 53.6 Å². The quantitative estimate of drug-likeness (QED) is 0.642. The summed E-state index contributed by atoms with van der Waals surface area (Å²) in [6, 6.07) is 14.7. The van der Waals surface area contributed by atoms with E-state index in [-0.39, 0.29) is 6.42 Å². The monoisotopic (exact) mass is 428 g/mol. The van der Waals surface area contributed by atoms with Crippen LogP contribution in [0.4, 0.5) is 0 Å². The van der Waals surface area contributed by atoms with Gasteiger partial charge in [0.15, 0.2) is 0 Å². The molecule has 0 spiro atoms. The van der Waals surface area contributed by atoms with Gasteiger partial charge in [0.05, 0.1) is 0 Å². The van der Waals surface area contributed by atoms with Crippen LogP contribution < -0.4 is 0 Å². The summed E-state index contributed by atoms with van der Waals surface area (Å²) in [4.78, 5) is 18.1. The summed E-state index contributed by atoms with van der Waals surface area (Å²) in [6.45, 7) is 4.89. The first kappa shape index (κ1) is 20.3. The Kier molecular flexibility index (Phi) is 6.48. The number of carboxylic acid groups (broad SMARTS) is 1. The van der Waals surface area contributed by atoms with Gasteiger partial charge in [-0.3, -0.25) is 9.69 Å². The summed E-state index contributed by atoms with van der Waals surface area (Å²) in [5.74, 6) is -0.703. The summed E-state index contributed by atoms with van der Waals surface area (Å²) in [6.07, 6.45) is 4.26. The Hall–Kier alpha value is -1.95. The Bertz CT molecular complexity index is 923. The Morgan fingerprint density at radius 2 is 1.83 bits per heavy atom. The van der Waals surface area contributed by atoms with Crippen molar-refractivity contribution in [2.24, 2.45) is 0 Å². The van der Waals surface area contributed by atoms with E-state index in [2.05, 4.69) is 52.3 Å². The maximum Gasteiger partial charge on any atom is 0.303 e. The van der Waals surface area contributed by atoms with Crippen molar-refractivity contribution in [3.05, 3.63) is 58.6 Å². The number of unbranched alkanes of at least 4 members (excludes halogenated alkanes) is 1. The third kappa shape index (κ3) is 4.97. The molecule has 1 fully saturated rings. The number of benzene rings is 2. The van der Waals surface area contributed by atoms with Crippen LogP contribution in [0.2, 0.25) is 5.02 Å². The van der Waals surface area contributed by atoms with E-state index in [9.17, 15) is 4.79 Å². The van der Waals surface area contributed by atoms with Gasteiger partial charge in [0.2, 0.25) is 0 Å². The first-order chi connectivity index (χ1) is 14.1. The summed E-state index contributed by atoms with van der Waals surface area (Å²) in [7, 11) is 0. The number of carboxylic acids is 1. The highest BCUT2D eigenvalue weighted by Crippen LogP contribution is 2.42. The number of halogens is 1. The van der Waals surface area contributed by atoms with Gasteiger partial charge >= 0.3 is 5.97 Å². The number of hydrogen-bond donors (Lipinski definition) is 1. The molecule has 0 radical (unpaired) electrons. The number of rotatable bonds is 6. The van der Waals surface area contributed by atoms with Crippen LogP contribution in [-0.2, 0) is 4.79 Å². The molecule has 0 aromatic heterocycles. The number of carbonyl (C=O) groups is 1. The van der Waals surface area contributed by atoms with E-state index in [1.165, 1.54) is 26.6 Å². The van der Waals surface area contributed by atoms with Crippen LogP contribution in [0, 0.1) is 0 Å². The third-order valence-corrected chi connectivity index (χ3v) is 6.88. The molecule has 2 heterocycles. The minimum atomic E-state index is -0.703. The zero-order valence-electron chi connectivity index (χ0n) is 16.3. The fourth-order valence-corrected chi connectivity index (χ4v) is 5.12. The molecule has 0 atom stereocenters. The van der Waals surface area contributed by atoms with Crippen molar-refractivity contribution in [2.75, 3.05) is 32.7 Å². The summed E-state index contributed by atoms with van der Waals surface area (Å²) < 4.78 is 0. The lowest BCUT2D eigenvalue weighted by molar-refractivity contribution is -0.137. The molecule has 0 unspecified atom stereocenters. The second-order valence-electron chi connectivity index (χ2n) is 7.49. The minimum Gasteiger partial charge on any atom is -0.481 e. The van der Waals surface area contributed by atoms with Crippen molar-refractivity contribution >= 4 is 41.1 Å². The Labute approximate surface area is 181 Å². The third-order valence-electron chi connectivity index (χ3n) is 5.48. The topological polar surface area (TPSA) is 43.8 Å². The van der Waals surface area contributed by atoms with Crippen LogP contribution in [0.15, 0.2) is 52.3 Å². The molecule has 0 amide bonds. The molecule has 4 nitrogen and oxygen atoms in total. The molecule has 0 aliphatic carbocycles. The fraction of sp³-hybridized carbons (Fsp3) is 0.348. The molecule has 152 valence electrons. The minimum absolute atomic E-state index is 0.265. The lowest BCUT2D eigenvalue weighted by Crippen LogP contribution is -2.45. The molecular formula is C23H25ClN2O2S. The molecule has 4 rings (SSSR count). The number of aliphatic carboxylic acids is 1. The van der Waals surface area contributed by atoms with Crippen molar-refractivity contribution < 1.29 is 9.90 Å². The average Bonchev–Trinajstić information content (AvgIpc) is 2.88. The summed E-state index contributed by atoms with van der Waals surface area (Å²) in [5.41, 5.74) is 3.69. The first-order valence-corrected chi connectivity index (χ1v) is 11.3. The largest absolute Gasteiger partial charge is 0.481 e. The van der Waals surface area contributed by atoms with Crippen LogP contribution in [0.25, 0.3) is 11.8 Å². The molecule has 0 saturated carbocycles. The second kappa shape index (κ2) is 9.24. The van der Waals surface area contributed by atoms with E-state index < -0.39 is 5.97 Å². The molecule has 2 aliphatic rings. The van der Waals surface area contributed by atoms with E-state index in [4.69, 9.17) is 16.7 Å². The van der Waals surface area contributed by atoms with E-state index in [1.54, 1.807) is 11.8 Å². The van der Waals surface area contributed by atoms with E-state index >= 15 is 0 Å². The van der Waals surface area contributed by atoms with Crippen molar-refractivity contribution in [3.63, 3.8) is 0 Å². The maximum absolute atomic E-state index is 10.7. The van der Waals surface area contributed by atoms with Gasteiger partial charge in [0.25, 0.3) is 0 Å². The molecule has 29 heavy (non-hydrogen) atoms. The van der Waals surface area contributed by atoms with Gasteiger partial charge < -0.3 is 10.0 Å². The number of fused-ring (bicyclic) bond motifs is 2. The van der Waals surface area contributed by atoms with E-state index in [0.717, 1.165) is 50.6 Å². The van der Waals surface area contributed by atoms with Crippen LogP contribution in [0.1, 0.15) is 30.4 Å². The average molecular weight is 429 g/mol. The Balaban J connectivity index is 1.50. The van der Waals surface area contributed by atoms with Gasteiger partial charge in [0, 0.05) is 58.7 Å². The normalized spacial score (nSPS) is 16.6. The molecule has 2 aromatic carbocycles. The molecule has 6 heteroatoms. The maximum atomic E-state index is 10.7. The zero-order valence-corrected chi connectivity index (χ0v) is 17.9. The highest BCUT2D eigenvalue weighted by molar-refractivity contribution is 7.99. The number of nitrogens with zero attached hydrogens (tertiary/aromatic N) is 2. The lowest BCUT2D eigenvalue weighted by Gasteiger charge is -2.37. The second-order valence-corrected chi connectivity index (χ2v) is 9.01. The Morgan fingerprint density at radius 1 is 1.03 bits per heavy atom. The fourth-order valence-electron chi connectivity index (χ4n) is 3.91. The molecular weight excluding hydrogens is 404 g/mol. The highest BCUT2D eigenvalue weighted by atomic mass is 35.5. The standard InChI is InChI=1S/C23H25ClN2O2S/c24-18-8-9-22-19(16-18)20(15-17-5-1-2-6-21(17)29-22)26-13-11-25(12-14-26)10-4-3-7-23(27)28/h1-2,5-6,8-9,15-16H,3-4,7,10-14H2,(H,27,28). The van der Waals surface area contributed by atoms with Crippen molar-refractivity contribution in [1.29, 1.82) is 0 Å².